The minimum Gasteiger partial charge on any atom is -0.490 e. The van der Waals surface area contributed by atoms with Crippen molar-refractivity contribution in [2.24, 2.45) is 0 Å². The van der Waals surface area contributed by atoms with Crippen molar-refractivity contribution in [3.8, 4) is 5.75 Å². The number of benzene rings is 1. The average molecular weight is 290 g/mol. The topological polar surface area (TPSA) is 41.6 Å². The van der Waals surface area contributed by atoms with E-state index >= 15 is 0 Å². The molecule has 0 atom stereocenters. The zero-order valence-electron chi connectivity index (χ0n) is 13.1. The van der Waals surface area contributed by atoms with Gasteiger partial charge in [-0.3, -0.25) is 4.79 Å². The van der Waals surface area contributed by atoms with Crippen LogP contribution >= 0.6 is 0 Å². The fourth-order valence-electron chi connectivity index (χ4n) is 2.61. The predicted octanol–water partition coefficient (Wildman–Crippen LogP) is 2.36. The van der Waals surface area contributed by atoms with Crippen molar-refractivity contribution >= 4 is 5.91 Å². The summed E-state index contributed by atoms with van der Waals surface area (Å²) in [5, 5.41) is 3.07. The SMILES string of the molecule is CNCCCC(=O)N1CCC(Oc2ccc(C)cc2)CC1. The highest BCUT2D eigenvalue weighted by molar-refractivity contribution is 5.76. The number of ether oxygens (including phenoxy) is 1. The number of hydrogen-bond acceptors (Lipinski definition) is 3. The molecule has 4 nitrogen and oxygen atoms in total. The maximum Gasteiger partial charge on any atom is 0.222 e. The van der Waals surface area contributed by atoms with Crippen molar-refractivity contribution in [1.29, 1.82) is 0 Å². The molecule has 1 N–H and O–H groups in total. The van der Waals surface area contributed by atoms with E-state index in [1.165, 1.54) is 5.56 Å². The fraction of sp³-hybridized carbons (Fsp3) is 0.588. The lowest BCUT2D eigenvalue weighted by molar-refractivity contribution is -0.133. The van der Waals surface area contributed by atoms with Crippen molar-refractivity contribution in [3.63, 3.8) is 0 Å². The third-order valence-electron chi connectivity index (χ3n) is 3.94. The molecule has 0 aliphatic carbocycles. The van der Waals surface area contributed by atoms with Crippen LogP contribution in [0.4, 0.5) is 0 Å². The van der Waals surface area contributed by atoms with E-state index in [2.05, 4.69) is 24.4 Å². The quantitative estimate of drug-likeness (QED) is 0.818. The number of piperidine rings is 1. The molecule has 0 aromatic heterocycles. The van der Waals surface area contributed by atoms with Gasteiger partial charge in [-0.1, -0.05) is 17.7 Å². The molecule has 4 heteroatoms. The average Bonchev–Trinajstić information content (AvgIpc) is 2.50. The maximum absolute atomic E-state index is 12.0. The van der Waals surface area contributed by atoms with Crippen LogP contribution in [-0.4, -0.2) is 43.6 Å². The molecular weight excluding hydrogens is 264 g/mol. The van der Waals surface area contributed by atoms with E-state index in [-0.39, 0.29) is 12.0 Å². The molecule has 1 amide bonds. The van der Waals surface area contributed by atoms with Crippen molar-refractivity contribution in [2.45, 2.75) is 38.7 Å². The fourth-order valence-corrected chi connectivity index (χ4v) is 2.61. The lowest BCUT2D eigenvalue weighted by Gasteiger charge is -2.32. The second-order valence-electron chi connectivity index (χ2n) is 5.72. The number of nitrogens with one attached hydrogen (secondary N) is 1. The minimum atomic E-state index is 0.231. The van der Waals surface area contributed by atoms with Crippen LogP contribution in [0.5, 0.6) is 5.75 Å². The second kappa shape index (κ2) is 8.03. The van der Waals surface area contributed by atoms with Crippen LogP contribution in [0.2, 0.25) is 0 Å². The van der Waals surface area contributed by atoms with E-state index in [4.69, 9.17) is 4.74 Å². The first-order chi connectivity index (χ1) is 10.2. The molecule has 0 radical (unpaired) electrons. The number of carbonyl (C=O) groups is 1. The molecule has 116 valence electrons. The Morgan fingerprint density at radius 2 is 1.95 bits per heavy atom. The van der Waals surface area contributed by atoms with Crippen LogP contribution in [0, 0.1) is 6.92 Å². The van der Waals surface area contributed by atoms with Crippen molar-refractivity contribution in [3.05, 3.63) is 29.8 Å². The lowest BCUT2D eigenvalue weighted by atomic mass is 10.1. The highest BCUT2D eigenvalue weighted by Gasteiger charge is 2.23. The summed E-state index contributed by atoms with van der Waals surface area (Å²) in [6, 6.07) is 8.17. The van der Waals surface area contributed by atoms with Crippen molar-refractivity contribution < 1.29 is 9.53 Å². The van der Waals surface area contributed by atoms with E-state index in [0.717, 1.165) is 44.6 Å². The lowest BCUT2D eigenvalue weighted by Crippen LogP contribution is -2.41. The van der Waals surface area contributed by atoms with Crippen LogP contribution in [0.25, 0.3) is 0 Å². The Balaban J connectivity index is 1.72. The minimum absolute atomic E-state index is 0.231. The molecule has 1 fully saturated rings. The van der Waals surface area contributed by atoms with Gasteiger partial charge in [0.25, 0.3) is 0 Å². The van der Waals surface area contributed by atoms with Crippen LogP contribution < -0.4 is 10.1 Å². The smallest absolute Gasteiger partial charge is 0.222 e. The van der Waals surface area contributed by atoms with Crippen LogP contribution in [-0.2, 0) is 4.79 Å². The van der Waals surface area contributed by atoms with E-state index in [1.54, 1.807) is 0 Å². The van der Waals surface area contributed by atoms with Crippen LogP contribution in [0.15, 0.2) is 24.3 Å². The molecule has 1 aromatic rings. The van der Waals surface area contributed by atoms with Crippen LogP contribution in [0.3, 0.4) is 0 Å². The zero-order chi connectivity index (χ0) is 15.1. The van der Waals surface area contributed by atoms with Crippen LogP contribution in [0.1, 0.15) is 31.2 Å². The van der Waals surface area contributed by atoms with Gasteiger partial charge in [-0.15, -0.1) is 0 Å². The summed E-state index contributed by atoms with van der Waals surface area (Å²) < 4.78 is 5.99. The Hall–Kier alpha value is -1.55. The van der Waals surface area contributed by atoms with E-state index < -0.39 is 0 Å². The molecule has 1 aliphatic rings. The van der Waals surface area contributed by atoms with Gasteiger partial charge in [-0.2, -0.15) is 0 Å². The third kappa shape index (κ3) is 5.05. The highest BCUT2D eigenvalue weighted by atomic mass is 16.5. The molecule has 0 spiro atoms. The van der Waals surface area contributed by atoms with Gasteiger partial charge >= 0.3 is 0 Å². The van der Waals surface area contributed by atoms with E-state index in [1.807, 2.05) is 24.1 Å². The van der Waals surface area contributed by atoms with Gasteiger partial charge in [-0.05, 0) is 39.1 Å². The summed E-state index contributed by atoms with van der Waals surface area (Å²) >= 11 is 0. The Morgan fingerprint density at radius 3 is 2.57 bits per heavy atom. The van der Waals surface area contributed by atoms with Gasteiger partial charge in [0.15, 0.2) is 0 Å². The van der Waals surface area contributed by atoms with Gasteiger partial charge in [-0.25, -0.2) is 0 Å². The van der Waals surface area contributed by atoms with Gasteiger partial charge < -0.3 is 15.0 Å². The van der Waals surface area contributed by atoms with Gasteiger partial charge in [0, 0.05) is 32.4 Å². The molecule has 1 heterocycles. The monoisotopic (exact) mass is 290 g/mol. The standard InChI is InChI=1S/C17H26N2O2/c1-14-5-7-15(8-6-14)21-16-9-12-19(13-10-16)17(20)4-3-11-18-2/h5-8,16,18H,3-4,9-13H2,1-2H3. The van der Waals surface area contributed by atoms with Gasteiger partial charge in [0.2, 0.25) is 5.91 Å². The van der Waals surface area contributed by atoms with Crippen molar-refractivity contribution in [2.75, 3.05) is 26.7 Å². The molecule has 1 aliphatic heterocycles. The highest BCUT2D eigenvalue weighted by Crippen LogP contribution is 2.20. The zero-order valence-corrected chi connectivity index (χ0v) is 13.1. The molecule has 2 rings (SSSR count). The second-order valence-corrected chi connectivity index (χ2v) is 5.72. The molecule has 1 aromatic carbocycles. The molecule has 0 bridgehead atoms. The molecule has 1 saturated heterocycles. The number of carbonyl (C=O) groups excluding carboxylic acids is 1. The summed E-state index contributed by atoms with van der Waals surface area (Å²) in [7, 11) is 1.92. The third-order valence-corrected chi connectivity index (χ3v) is 3.94. The first kappa shape index (κ1) is 15.8. The summed E-state index contributed by atoms with van der Waals surface area (Å²) in [6.45, 7) is 4.60. The number of nitrogens with zero attached hydrogens (tertiary/aromatic N) is 1. The first-order valence-corrected chi connectivity index (χ1v) is 7.84. The summed E-state index contributed by atoms with van der Waals surface area (Å²) in [5.74, 6) is 1.21. The largest absolute Gasteiger partial charge is 0.490 e. The number of amides is 1. The molecular formula is C17H26N2O2. The Labute approximate surface area is 127 Å². The van der Waals surface area contributed by atoms with E-state index in [9.17, 15) is 4.79 Å². The molecule has 21 heavy (non-hydrogen) atoms. The van der Waals surface area contributed by atoms with Gasteiger partial charge in [0.05, 0.1) is 0 Å². The summed E-state index contributed by atoms with van der Waals surface area (Å²) in [4.78, 5) is 14.0. The first-order valence-electron chi connectivity index (χ1n) is 7.84. The van der Waals surface area contributed by atoms with Gasteiger partial charge in [0.1, 0.15) is 11.9 Å². The normalized spacial score (nSPS) is 16.0. The Morgan fingerprint density at radius 1 is 1.29 bits per heavy atom. The van der Waals surface area contributed by atoms with E-state index in [0.29, 0.717) is 6.42 Å². The Kier molecular flexibility index (Phi) is 6.05. The maximum atomic E-state index is 12.0. The molecule has 0 unspecified atom stereocenters. The number of hydrogen-bond donors (Lipinski definition) is 1. The summed E-state index contributed by atoms with van der Waals surface area (Å²) in [6.07, 6.45) is 3.63. The number of likely N-dealkylation sites (tertiary alicyclic amines) is 1. The number of rotatable bonds is 6. The molecule has 0 saturated carbocycles. The van der Waals surface area contributed by atoms with Crippen molar-refractivity contribution in [1.82, 2.24) is 10.2 Å². The predicted molar refractivity (Wildman–Crippen MR) is 84.6 cm³/mol. The number of aryl methyl sites for hydroxylation is 1. The summed E-state index contributed by atoms with van der Waals surface area (Å²) in [5.41, 5.74) is 1.24. The Bertz CT molecular complexity index is 437.